The lowest BCUT2D eigenvalue weighted by atomic mass is 10.1. The van der Waals surface area contributed by atoms with Gasteiger partial charge in [-0.25, -0.2) is 0 Å². The number of carbonyl (C=O) groups excluding carboxylic acids is 1. The average Bonchev–Trinajstić information content (AvgIpc) is 2.89. The quantitative estimate of drug-likeness (QED) is 0.698. The van der Waals surface area contributed by atoms with Crippen molar-refractivity contribution in [1.82, 2.24) is 10.6 Å². The topological polar surface area (TPSA) is 79.8 Å². The van der Waals surface area contributed by atoms with Gasteiger partial charge in [0.1, 0.15) is 11.5 Å². The second-order valence-corrected chi connectivity index (χ2v) is 4.75. The molecule has 3 N–H and O–H groups in total. The molecule has 0 saturated carbocycles. The molecule has 0 bridgehead atoms. The number of aliphatic hydroxyl groups is 1. The van der Waals surface area contributed by atoms with Crippen molar-refractivity contribution < 1.29 is 19.4 Å². The molecule has 1 aromatic carbocycles. The summed E-state index contributed by atoms with van der Waals surface area (Å²) in [4.78, 5) is 11.6. The maximum Gasteiger partial charge on any atom is 0.257 e. The van der Waals surface area contributed by atoms with Crippen molar-refractivity contribution in [1.29, 1.82) is 0 Å². The Labute approximate surface area is 130 Å². The van der Waals surface area contributed by atoms with E-state index in [1.165, 1.54) is 0 Å². The van der Waals surface area contributed by atoms with Crippen LogP contribution < -0.4 is 20.1 Å². The largest absolute Gasteiger partial charge is 0.497 e. The molecular formula is C14H21ClN2O4. The first-order chi connectivity index (χ1) is 9.69. The average molecular weight is 317 g/mol. The van der Waals surface area contributed by atoms with Gasteiger partial charge >= 0.3 is 0 Å². The second-order valence-electron chi connectivity index (χ2n) is 4.75. The van der Waals surface area contributed by atoms with Gasteiger partial charge in [0.05, 0.1) is 13.2 Å². The number of benzene rings is 1. The first-order valence-electron chi connectivity index (χ1n) is 6.61. The summed E-state index contributed by atoms with van der Waals surface area (Å²) >= 11 is 0. The van der Waals surface area contributed by atoms with E-state index >= 15 is 0 Å². The Morgan fingerprint density at radius 3 is 2.57 bits per heavy atom. The molecule has 7 heteroatoms. The summed E-state index contributed by atoms with van der Waals surface area (Å²) in [6.45, 7) is 1.73. The highest BCUT2D eigenvalue weighted by molar-refractivity contribution is 5.85. The van der Waals surface area contributed by atoms with E-state index in [4.69, 9.17) is 9.47 Å². The monoisotopic (exact) mass is 316 g/mol. The molecule has 1 amide bonds. The van der Waals surface area contributed by atoms with Gasteiger partial charge in [0, 0.05) is 25.6 Å². The van der Waals surface area contributed by atoms with E-state index in [1.54, 1.807) is 31.4 Å². The first kappa shape index (κ1) is 17.6. The summed E-state index contributed by atoms with van der Waals surface area (Å²) in [5.74, 6) is 1.23. The van der Waals surface area contributed by atoms with Crippen LogP contribution in [0.25, 0.3) is 0 Å². The zero-order chi connectivity index (χ0) is 14.4. The highest BCUT2D eigenvalue weighted by Gasteiger charge is 2.24. The number of hydrogen-bond acceptors (Lipinski definition) is 5. The van der Waals surface area contributed by atoms with Gasteiger partial charge in [-0.2, -0.15) is 0 Å². The molecule has 2 unspecified atom stereocenters. The van der Waals surface area contributed by atoms with Gasteiger partial charge in [-0.15, -0.1) is 12.4 Å². The smallest absolute Gasteiger partial charge is 0.257 e. The van der Waals surface area contributed by atoms with E-state index in [0.717, 1.165) is 12.3 Å². The highest BCUT2D eigenvalue weighted by atomic mass is 35.5. The Morgan fingerprint density at radius 2 is 2.00 bits per heavy atom. The molecule has 1 aliphatic heterocycles. The summed E-state index contributed by atoms with van der Waals surface area (Å²) in [6.07, 6.45) is -0.391. The predicted octanol–water partition coefficient (Wildman–Crippen LogP) is 0.192. The minimum atomic E-state index is -0.391. The molecule has 1 fully saturated rings. The van der Waals surface area contributed by atoms with Crippen LogP contribution in [0.5, 0.6) is 11.5 Å². The maximum absolute atomic E-state index is 11.6. The number of hydrogen-bond donors (Lipinski definition) is 3. The standard InChI is InChI=1S/C14H20N2O4.ClH/c1-19-11-2-4-12(5-3-11)20-9-14(18)16-7-10-6-15-8-13(10)17;/h2-5,10,13,15,17H,6-9H2,1H3,(H,16,18);1H. The van der Waals surface area contributed by atoms with E-state index in [9.17, 15) is 9.90 Å². The fraction of sp³-hybridized carbons (Fsp3) is 0.500. The zero-order valence-electron chi connectivity index (χ0n) is 11.9. The lowest BCUT2D eigenvalue weighted by molar-refractivity contribution is -0.123. The molecular weight excluding hydrogens is 296 g/mol. The second kappa shape index (κ2) is 8.71. The minimum Gasteiger partial charge on any atom is -0.497 e. The highest BCUT2D eigenvalue weighted by Crippen LogP contribution is 2.16. The Balaban J connectivity index is 0.00000220. The van der Waals surface area contributed by atoms with Crippen LogP contribution >= 0.6 is 12.4 Å². The fourth-order valence-electron chi connectivity index (χ4n) is 2.04. The van der Waals surface area contributed by atoms with Crippen LogP contribution in [0.3, 0.4) is 0 Å². The Bertz CT molecular complexity index is 441. The Kier molecular flexibility index (Phi) is 7.28. The summed E-state index contributed by atoms with van der Waals surface area (Å²) in [6, 6.07) is 7.04. The first-order valence-corrected chi connectivity index (χ1v) is 6.61. The number of β-amino-alcohol motifs (C(OH)–C–C–N with tert-alkyl or cyclic N) is 1. The van der Waals surface area contributed by atoms with Crippen LogP contribution in [0.15, 0.2) is 24.3 Å². The van der Waals surface area contributed by atoms with Crippen molar-refractivity contribution in [2.75, 3.05) is 33.4 Å². The number of amides is 1. The fourth-order valence-corrected chi connectivity index (χ4v) is 2.04. The molecule has 1 aromatic rings. The van der Waals surface area contributed by atoms with Crippen LogP contribution in [-0.2, 0) is 4.79 Å². The van der Waals surface area contributed by atoms with Crippen LogP contribution in [0.2, 0.25) is 0 Å². The lowest BCUT2D eigenvalue weighted by Crippen LogP contribution is -2.36. The van der Waals surface area contributed by atoms with Crippen LogP contribution in [0.4, 0.5) is 0 Å². The minimum absolute atomic E-state index is 0. The van der Waals surface area contributed by atoms with Crippen molar-refractivity contribution in [3.8, 4) is 11.5 Å². The predicted molar refractivity (Wildman–Crippen MR) is 81.1 cm³/mol. The summed E-state index contributed by atoms with van der Waals surface area (Å²) in [5, 5.41) is 15.4. The third kappa shape index (κ3) is 5.41. The zero-order valence-corrected chi connectivity index (χ0v) is 12.7. The number of aliphatic hydroxyl groups excluding tert-OH is 1. The summed E-state index contributed by atoms with van der Waals surface area (Å²) in [5.41, 5.74) is 0. The number of rotatable bonds is 6. The number of halogens is 1. The van der Waals surface area contributed by atoms with Crippen molar-refractivity contribution in [2.24, 2.45) is 5.92 Å². The van der Waals surface area contributed by atoms with E-state index in [1.807, 2.05) is 0 Å². The van der Waals surface area contributed by atoms with Crippen molar-refractivity contribution in [3.63, 3.8) is 0 Å². The molecule has 1 aliphatic rings. The third-order valence-corrected chi connectivity index (χ3v) is 3.29. The molecule has 21 heavy (non-hydrogen) atoms. The third-order valence-electron chi connectivity index (χ3n) is 3.29. The number of ether oxygens (including phenoxy) is 2. The molecule has 6 nitrogen and oxygen atoms in total. The maximum atomic E-state index is 11.6. The van der Waals surface area contributed by atoms with Gasteiger partial charge < -0.3 is 25.2 Å². The van der Waals surface area contributed by atoms with Crippen LogP contribution in [0, 0.1) is 5.92 Å². The van der Waals surface area contributed by atoms with E-state index in [2.05, 4.69) is 10.6 Å². The van der Waals surface area contributed by atoms with Crippen LogP contribution in [-0.4, -0.2) is 50.5 Å². The molecule has 2 rings (SSSR count). The van der Waals surface area contributed by atoms with Crippen molar-refractivity contribution in [3.05, 3.63) is 24.3 Å². The molecule has 0 aliphatic carbocycles. The SMILES string of the molecule is COc1ccc(OCC(=O)NCC2CNCC2O)cc1.Cl. The Hall–Kier alpha value is -1.50. The van der Waals surface area contributed by atoms with Crippen molar-refractivity contribution >= 4 is 18.3 Å². The van der Waals surface area contributed by atoms with Gasteiger partial charge in [0.15, 0.2) is 6.61 Å². The van der Waals surface area contributed by atoms with E-state index in [-0.39, 0.29) is 30.8 Å². The van der Waals surface area contributed by atoms with Gasteiger partial charge in [0.2, 0.25) is 0 Å². The molecule has 1 heterocycles. The number of nitrogens with one attached hydrogen (secondary N) is 2. The van der Waals surface area contributed by atoms with E-state index in [0.29, 0.717) is 18.8 Å². The van der Waals surface area contributed by atoms with Gasteiger partial charge in [0.25, 0.3) is 5.91 Å². The van der Waals surface area contributed by atoms with Gasteiger partial charge in [-0.3, -0.25) is 4.79 Å². The number of methoxy groups -OCH3 is 1. The normalized spacial score (nSPS) is 20.5. The molecule has 0 aromatic heterocycles. The van der Waals surface area contributed by atoms with Crippen LogP contribution in [0.1, 0.15) is 0 Å². The van der Waals surface area contributed by atoms with Gasteiger partial charge in [-0.05, 0) is 24.3 Å². The Morgan fingerprint density at radius 1 is 1.33 bits per heavy atom. The lowest BCUT2D eigenvalue weighted by Gasteiger charge is -2.14. The van der Waals surface area contributed by atoms with Gasteiger partial charge in [-0.1, -0.05) is 0 Å². The van der Waals surface area contributed by atoms with Crippen molar-refractivity contribution in [2.45, 2.75) is 6.10 Å². The molecule has 0 radical (unpaired) electrons. The molecule has 2 atom stereocenters. The summed E-state index contributed by atoms with van der Waals surface area (Å²) < 4.78 is 10.4. The summed E-state index contributed by atoms with van der Waals surface area (Å²) in [7, 11) is 1.59. The van der Waals surface area contributed by atoms with E-state index < -0.39 is 6.10 Å². The molecule has 118 valence electrons. The number of carbonyl (C=O) groups is 1. The molecule has 0 spiro atoms. The molecule has 1 saturated heterocycles.